The van der Waals surface area contributed by atoms with Gasteiger partial charge in [-0.05, 0) is 51.5 Å². The number of carbonyl (C=O) groups is 2. The largest absolute Gasteiger partial charge is 0.480 e. The lowest BCUT2D eigenvalue weighted by molar-refractivity contribution is -0.146. The van der Waals surface area contributed by atoms with Crippen molar-refractivity contribution < 1.29 is 14.7 Å². The Hall–Kier alpha value is -1.96. The molecule has 0 aliphatic carbocycles. The molecule has 1 N–H and O–H groups in total. The van der Waals surface area contributed by atoms with Crippen LogP contribution in [0.5, 0.6) is 0 Å². The van der Waals surface area contributed by atoms with Crippen molar-refractivity contribution in [1.82, 2.24) is 24.6 Å². The van der Waals surface area contributed by atoms with E-state index in [9.17, 15) is 9.59 Å². The molecule has 1 amide bonds. The zero-order valence-corrected chi connectivity index (χ0v) is 16.6. The lowest BCUT2D eigenvalue weighted by atomic mass is 9.94. The number of carboxylic acids is 1. The van der Waals surface area contributed by atoms with E-state index in [1.54, 1.807) is 0 Å². The number of hydrogen-bond acceptors (Lipinski definition) is 5. The quantitative estimate of drug-likeness (QED) is 0.842. The Morgan fingerprint density at radius 3 is 2.71 bits per heavy atom. The zero-order chi connectivity index (χ0) is 19.5. The predicted octanol–water partition coefficient (Wildman–Crippen LogP) is 1.65. The maximum atomic E-state index is 13.0. The molecule has 0 saturated carbocycles. The van der Waals surface area contributed by atoms with Gasteiger partial charge in [-0.15, -0.1) is 10.2 Å². The second kappa shape index (κ2) is 8.59. The highest BCUT2D eigenvalue weighted by Gasteiger charge is 2.36. The first-order valence-electron chi connectivity index (χ1n) is 10.8. The minimum Gasteiger partial charge on any atom is -0.480 e. The van der Waals surface area contributed by atoms with Crippen LogP contribution in [0.2, 0.25) is 0 Å². The van der Waals surface area contributed by atoms with E-state index in [4.69, 9.17) is 5.11 Å². The minimum absolute atomic E-state index is 0.0133. The standard InChI is InChI=1S/C20H31N5O3/c26-18(27)14-24-10-5-3-8-16(20(24)28)23-11-6-7-15(13-23)19-22-21-17-9-2-1-4-12-25(17)19/h15-16H,1-14H2,(H,26,27). The number of carbonyl (C=O) groups excluding carboxylic acids is 1. The second-order valence-electron chi connectivity index (χ2n) is 8.44. The molecule has 8 nitrogen and oxygen atoms in total. The fourth-order valence-electron chi connectivity index (χ4n) is 5.05. The van der Waals surface area contributed by atoms with Gasteiger partial charge < -0.3 is 14.6 Å². The van der Waals surface area contributed by atoms with Gasteiger partial charge in [0.15, 0.2) is 0 Å². The van der Waals surface area contributed by atoms with Gasteiger partial charge in [0, 0.05) is 32.0 Å². The number of rotatable bonds is 4. The van der Waals surface area contributed by atoms with E-state index in [0.29, 0.717) is 12.5 Å². The Morgan fingerprint density at radius 1 is 1.00 bits per heavy atom. The molecule has 28 heavy (non-hydrogen) atoms. The summed E-state index contributed by atoms with van der Waals surface area (Å²) in [4.78, 5) is 28.0. The zero-order valence-electron chi connectivity index (χ0n) is 16.6. The van der Waals surface area contributed by atoms with Crippen molar-refractivity contribution in [2.45, 2.75) is 76.3 Å². The highest BCUT2D eigenvalue weighted by molar-refractivity contribution is 5.85. The van der Waals surface area contributed by atoms with Gasteiger partial charge in [-0.25, -0.2) is 0 Å². The van der Waals surface area contributed by atoms with Gasteiger partial charge >= 0.3 is 5.97 Å². The average Bonchev–Trinajstić information content (AvgIpc) is 2.83. The number of aryl methyl sites for hydroxylation is 1. The molecule has 3 aliphatic rings. The monoisotopic (exact) mass is 389 g/mol. The Kier molecular flexibility index (Phi) is 5.94. The summed E-state index contributed by atoms with van der Waals surface area (Å²) in [5.74, 6) is 1.56. The van der Waals surface area contributed by atoms with Gasteiger partial charge in [-0.3, -0.25) is 14.5 Å². The Bertz CT molecular complexity index is 719. The first-order valence-corrected chi connectivity index (χ1v) is 10.8. The van der Waals surface area contributed by atoms with E-state index >= 15 is 0 Å². The van der Waals surface area contributed by atoms with Crippen LogP contribution in [0, 0.1) is 0 Å². The number of fused-ring (bicyclic) bond motifs is 1. The summed E-state index contributed by atoms with van der Waals surface area (Å²) >= 11 is 0. The molecule has 8 heteroatoms. The highest BCUT2D eigenvalue weighted by atomic mass is 16.4. The molecule has 154 valence electrons. The number of nitrogens with zero attached hydrogens (tertiary/aromatic N) is 5. The van der Waals surface area contributed by atoms with Crippen LogP contribution in [0.25, 0.3) is 0 Å². The molecule has 0 bridgehead atoms. The van der Waals surface area contributed by atoms with Crippen LogP contribution in [0.15, 0.2) is 0 Å². The molecule has 2 saturated heterocycles. The third-order valence-electron chi connectivity index (χ3n) is 6.48. The summed E-state index contributed by atoms with van der Waals surface area (Å²) in [6.07, 6.45) is 9.40. The van der Waals surface area contributed by atoms with Crippen molar-refractivity contribution >= 4 is 11.9 Å². The first kappa shape index (κ1) is 19.4. The maximum absolute atomic E-state index is 13.0. The normalized spacial score (nSPS) is 27.1. The van der Waals surface area contributed by atoms with Crippen molar-refractivity contribution in [3.05, 3.63) is 11.6 Å². The molecule has 2 atom stereocenters. The number of piperidine rings is 1. The number of aromatic nitrogens is 3. The van der Waals surface area contributed by atoms with Crippen LogP contribution in [0.1, 0.15) is 68.9 Å². The fraction of sp³-hybridized carbons (Fsp3) is 0.800. The summed E-state index contributed by atoms with van der Waals surface area (Å²) in [5.41, 5.74) is 0. The van der Waals surface area contributed by atoms with Crippen molar-refractivity contribution in [3.8, 4) is 0 Å². The lowest BCUT2D eigenvalue weighted by Gasteiger charge is -2.38. The van der Waals surface area contributed by atoms with Crippen LogP contribution in [0.3, 0.4) is 0 Å². The van der Waals surface area contributed by atoms with E-state index in [2.05, 4.69) is 19.7 Å². The molecule has 1 aromatic rings. The molecule has 0 spiro atoms. The summed E-state index contributed by atoms with van der Waals surface area (Å²) < 4.78 is 2.33. The minimum atomic E-state index is -0.934. The fourth-order valence-corrected chi connectivity index (χ4v) is 5.05. The Balaban J connectivity index is 1.49. The molecule has 0 radical (unpaired) electrons. The van der Waals surface area contributed by atoms with Crippen molar-refractivity contribution in [2.24, 2.45) is 0 Å². The number of amides is 1. The van der Waals surface area contributed by atoms with Crippen LogP contribution >= 0.6 is 0 Å². The molecule has 1 aromatic heterocycles. The number of carboxylic acid groups (broad SMARTS) is 1. The molecule has 0 aromatic carbocycles. The van der Waals surface area contributed by atoms with Gasteiger partial charge in [-0.1, -0.05) is 6.42 Å². The van der Waals surface area contributed by atoms with Gasteiger partial charge in [-0.2, -0.15) is 0 Å². The van der Waals surface area contributed by atoms with Crippen molar-refractivity contribution in [1.29, 1.82) is 0 Å². The van der Waals surface area contributed by atoms with Crippen LogP contribution in [-0.2, 0) is 22.6 Å². The third kappa shape index (κ3) is 4.06. The Labute approximate surface area is 165 Å². The third-order valence-corrected chi connectivity index (χ3v) is 6.48. The van der Waals surface area contributed by atoms with Crippen LogP contribution in [-0.4, -0.2) is 73.8 Å². The first-order chi connectivity index (χ1) is 13.6. The molecule has 2 fully saturated rings. The molecular weight excluding hydrogens is 358 g/mol. The van der Waals surface area contributed by atoms with Gasteiger partial charge in [0.05, 0.1) is 6.04 Å². The smallest absolute Gasteiger partial charge is 0.323 e. The van der Waals surface area contributed by atoms with Crippen molar-refractivity contribution in [2.75, 3.05) is 26.2 Å². The highest BCUT2D eigenvalue weighted by Crippen LogP contribution is 2.30. The van der Waals surface area contributed by atoms with E-state index < -0.39 is 5.97 Å². The summed E-state index contributed by atoms with van der Waals surface area (Å²) in [6, 6.07) is -0.198. The molecular formula is C20H31N5O3. The summed E-state index contributed by atoms with van der Waals surface area (Å²) in [7, 11) is 0. The van der Waals surface area contributed by atoms with Crippen LogP contribution < -0.4 is 0 Å². The molecule has 4 rings (SSSR count). The number of likely N-dealkylation sites (tertiary alicyclic amines) is 2. The number of hydrogen-bond donors (Lipinski definition) is 1. The van der Waals surface area contributed by atoms with E-state index in [1.165, 1.54) is 24.2 Å². The topological polar surface area (TPSA) is 91.6 Å². The van der Waals surface area contributed by atoms with Gasteiger partial charge in [0.25, 0.3) is 0 Å². The molecule has 4 heterocycles. The lowest BCUT2D eigenvalue weighted by Crippen LogP contribution is -2.51. The van der Waals surface area contributed by atoms with Gasteiger partial charge in [0.1, 0.15) is 18.2 Å². The van der Waals surface area contributed by atoms with Crippen molar-refractivity contribution in [3.63, 3.8) is 0 Å². The molecule has 3 aliphatic heterocycles. The predicted molar refractivity (Wildman–Crippen MR) is 103 cm³/mol. The average molecular weight is 390 g/mol. The van der Waals surface area contributed by atoms with Gasteiger partial charge in [0.2, 0.25) is 5.91 Å². The Morgan fingerprint density at radius 2 is 1.86 bits per heavy atom. The summed E-state index contributed by atoms with van der Waals surface area (Å²) in [6.45, 7) is 3.08. The van der Waals surface area contributed by atoms with Crippen LogP contribution in [0.4, 0.5) is 0 Å². The number of aliphatic carboxylic acids is 1. The van der Waals surface area contributed by atoms with E-state index in [-0.39, 0.29) is 18.5 Å². The summed E-state index contributed by atoms with van der Waals surface area (Å²) in [5, 5.41) is 18.2. The van der Waals surface area contributed by atoms with E-state index in [1.807, 2.05) is 0 Å². The SMILES string of the molecule is O=C(O)CN1CCCCC(N2CCCC(c3nnc4n3CCCCC4)C2)C1=O. The molecule has 2 unspecified atom stereocenters. The van der Waals surface area contributed by atoms with E-state index in [0.717, 1.165) is 69.8 Å². The second-order valence-corrected chi connectivity index (χ2v) is 8.44. The maximum Gasteiger partial charge on any atom is 0.323 e.